The number of methoxy groups -OCH3 is 1. The highest BCUT2D eigenvalue weighted by molar-refractivity contribution is 5.28. The van der Waals surface area contributed by atoms with Gasteiger partial charge in [0.25, 0.3) is 0 Å². The van der Waals surface area contributed by atoms with Gasteiger partial charge < -0.3 is 14.7 Å². The van der Waals surface area contributed by atoms with E-state index in [9.17, 15) is 5.11 Å². The summed E-state index contributed by atoms with van der Waals surface area (Å²) in [5.41, 5.74) is 2.65. The third-order valence-corrected chi connectivity index (χ3v) is 4.24. The molecule has 0 radical (unpaired) electrons. The molecule has 1 aliphatic heterocycles. The lowest BCUT2D eigenvalue weighted by Gasteiger charge is -2.27. The second-order valence-corrected chi connectivity index (χ2v) is 5.49. The van der Waals surface area contributed by atoms with Crippen LogP contribution in [-0.4, -0.2) is 29.8 Å². The maximum atomic E-state index is 9.79. The van der Waals surface area contributed by atoms with Gasteiger partial charge >= 0.3 is 0 Å². The van der Waals surface area contributed by atoms with Gasteiger partial charge in [-0.25, -0.2) is 0 Å². The maximum Gasteiger partial charge on any atom is 0.118 e. The Hall–Kier alpha value is -1.48. The number of hydrogen-bond donors (Lipinski definition) is 1. The van der Waals surface area contributed by atoms with Gasteiger partial charge in [-0.3, -0.25) is 0 Å². The molecule has 0 aromatic heterocycles. The highest BCUT2D eigenvalue weighted by Crippen LogP contribution is 2.36. The average molecular weight is 259 g/mol. The van der Waals surface area contributed by atoms with Crippen LogP contribution in [-0.2, 0) is 6.54 Å². The lowest BCUT2D eigenvalue weighted by atomic mass is 9.91. The molecule has 1 heterocycles. The van der Waals surface area contributed by atoms with Crippen molar-refractivity contribution in [2.75, 3.05) is 13.7 Å². The largest absolute Gasteiger partial charge is 0.497 e. The van der Waals surface area contributed by atoms with E-state index in [1.54, 1.807) is 7.11 Å². The number of nitrogens with zero attached hydrogens (tertiary/aromatic N) is 1. The Morgan fingerprint density at radius 1 is 1.21 bits per heavy atom. The van der Waals surface area contributed by atoms with Crippen molar-refractivity contribution in [3.63, 3.8) is 0 Å². The standard InChI is InChI=1S/C16H21NO2/c1-19-15-6-2-12(3-7-15)11-17-9-8-13-4-5-14(18)10-16(13)17/h2-3,6-7,10,13-14,18H,4-5,8-9,11H2,1H3. The molecular formula is C16H21NO2. The van der Waals surface area contributed by atoms with Gasteiger partial charge in [-0.15, -0.1) is 0 Å². The fourth-order valence-corrected chi connectivity index (χ4v) is 3.15. The number of hydrogen-bond acceptors (Lipinski definition) is 3. The number of aliphatic hydroxyl groups is 1. The summed E-state index contributed by atoms with van der Waals surface area (Å²) in [5.74, 6) is 1.57. The minimum absolute atomic E-state index is 0.247. The Bertz CT molecular complexity index is 466. The van der Waals surface area contributed by atoms with Crippen molar-refractivity contribution in [2.45, 2.75) is 31.9 Å². The summed E-state index contributed by atoms with van der Waals surface area (Å²) < 4.78 is 5.18. The van der Waals surface area contributed by atoms with E-state index in [1.165, 1.54) is 17.7 Å². The molecule has 0 spiro atoms. The van der Waals surface area contributed by atoms with Gasteiger partial charge in [0.05, 0.1) is 13.2 Å². The normalized spacial score (nSPS) is 26.0. The lowest BCUT2D eigenvalue weighted by Crippen LogP contribution is -2.23. The molecule has 3 rings (SSSR count). The number of aliphatic hydroxyl groups excluding tert-OH is 1. The van der Waals surface area contributed by atoms with Crippen molar-refractivity contribution in [3.05, 3.63) is 41.6 Å². The first-order valence-corrected chi connectivity index (χ1v) is 7.04. The smallest absolute Gasteiger partial charge is 0.118 e. The monoisotopic (exact) mass is 259 g/mol. The maximum absolute atomic E-state index is 9.79. The summed E-state index contributed by atoms with van der Waals surface area (Å²) in [4.78, 5) is 2.41. The van der Waals surface area contributed by atoms with E-state index in [0.29, 0.717) is 5.92 Å². The molecule has 1 aromatic carbocycles. The molecule has 1 aromatic rings. The lowest BCUT2D eigenvalue weighted by molar-refractivity contribution is 0.187. The first-order valence-electron chi connectivity index (χ1n) is 7.04. The van der Waals surface area contributed by atoms with Gasteiger partial charge in [-0.05, 0) is 43.0 Å². The molecule has 1 aliphatic carbocycles. The van der Waals surface area contributed by atoms with E-state index >= 15 is 0 Å². The Labute approximate surface area is 114 Å². The molecule has 2 atom stereocenters. The van der Waals surface area contributed by atoms with Crippen LogP contribution in [0.15, 0.2) is 36.0 Å². The highest BCUT2D eigenvalue weighted by Gasteiger charge is 2.31. The van der Waals surface area contributed by atoms with Crippen LogP contribution in [0.25, 0.3) is 0 Å². The van der Waals surface area contributed by atoms with E-state index in [2.05, 4.69) is 23.1 Å². The van der Waals surface area contributed by atoms with Crippen molar-refractivity contribution in [1.82, 2.24) is 4.90 Å². The molecule has 2 aliphatic rings. The Morgan fingerprint density at radius 2 is 2.00 bits per heavy atom. The summed E-state index contributed by atoms with van der Waals surface area (Å²) in [6, 6.07) is 8.25. The van der Waals surface area contributed by atoms with Crippen LogP contribution in [0.3, 0.4) is 0 Å². The van der Waals surface area contributed by atoms with Crippen LogP contribution >= 0.6 is 0 Å². The van der Waals surface area contributed by atoms with E-state index in [4.69, 9.17) is 4.74 Å². The summed E-state index contributed by atoms with van der Waals surface area (Å²) in [6.07, 6.45) is 5.10. The highest BCUT2D eigenvalue weighted by atomic mass is 16.5. The predicted octanol–water partition coefficient (Wildman–Crippen LogP) is 2.56. The van der Waals surface area contributed by atoms with E-state index in [-0.39, 0.29) is 6.10 Å². The minimum atomic E-state index is -0.247. The molecule has 19 heavy (non-hydrogen) atoms. The average Bonchev–Trinajstić information content (AvgIpc) is 2.82. The second-order valence-electron chi connectivity index (χ2n) is 5.49. The topological polar surface area (TPSA) is 32.7 Å². The van der Waals surface area contributed by atoms with Crippen molar-refractivity contribution in [1.29, 1.82) is 0 Å². The molecular weight excluding hydrogens is 238 g/mol. The van der Waals surface area contributed by atoms with Gasteiger partial charge in [0.2, 0.25) is 0 Å². The van der Waals surface area contributed by atoms with Gasteiger partial charge in [0.1, 0.15) is 5.75 Å². The van der Waals surface area contributed by atoms with Gasteiger partial charge in [0.15, 0.2) is 0 Å². The Balaban J connectivity index is 1.72. The van der Waals surface area contributed by atoms with Crippen molar-refractivity contribution in [3.8, 4) is 5.75 Å². The predicted molar refractivity (Wildman–Crippen MR) is 74.8 cm³/mol. The number of allylic oxidation sites excluding steroid dienone is 1. The van der Waals surface area contributed by atoms with Gasteiger partial charge in [0, 0.05) is 24.7 Å². The zero-order valence-electron chi connectivity index (χ0n) is 11.4. The Kier molecular flexibility index (Phi) is 3.47. The third-order valence-electron chi connectivity index (χ3n) is 4.24. The molecule has 3 nitrogen and oxygen atoms in total. The number of fused-ring (bicyclic) bond motifs is 1. The molecule has 102 valence electrons. The first-order chi connectivity index (χ1) is 9.26. The zero-order valence-corrected chi connectivity index (χ0v) is 11.4. The molecule has 2 unspecified atom stereocenters. The summed E-state index contributed by atoms with van der Waals surface area (Å²) in [7, 11) is 1.69. The van der Waals surface area contributed by atoms with Crippen LogP contribution in [0.4, 0.5) is 0 Å². The van der Waals surface area contributed by atoms with Gasteiger partial charge in [-0.1, -0.05) is 12.1 Å². The summed E-state index contributed by atoms with van der Waals surface area (Å²) >= 11 is 0. The fraction of sp³-hybridized carbons (Fsp3) is 0.500. The van der Waals surface area contributed by atoms with E-state index in [1.807, 2.05) is 12.1 Å². The molecule has 0 saturated carbocycles. The van der Waals surface area contributed by atoms with Crippen molar-refractivity contribution in [2.24, 2.45) is 5.92 Å². The molecule has 1 saturated heterocycles. The number of likely N-dealkylation sites (tertiary alicyclic amines) is 1. The van der Waals surface area contributed by atoms with Crippen LogP contribution in [0.1, 0.15) is 24.8 Å². The quantitative estimate of drug-likeness (QED) is 0.905. The van der Waals surface area contributed by atoms with Crippen LogP contribution in [0.2, 0.25) is 0 Å². The van der Waals surface area contributed by atoms with Crippen LogP contribution in [0.5, 0.6) is 5.75 Å². The molecule has 1 fully saturated rings. The third kappa shape index (κ3) is 2.61. The summed E-state index contributed by atoms with van der Waals surface area (Å²) in [6.45, 7) is 2.04. The molecule has 0 amide bonds. The van der Waals surface area contributed by atoms with Crippen LogP contribution < -0.4 is 4.74 Å². The molecule has 0 bridgehead atoms. The summed E-state index contributed by atoms with van der Waals surface area (Å²) in [5, 5.41) is 9.79. The first kappa shape index (κ1) is 12.5. The van der Waals surface area contributed by atoms with Gasteiger partial charge in [-0.2, -0.15) is 0 Å². The van der Waals surface area contributed by atoms with E-state index in [0.717, 1.165) is 31.7 Å². The SMILES string of the molecule is COc1ccc(CN2CCC3CCC(O)C=C32)cc1. The fourth-order valence-electron chi connectivity index (χ4n) is 3.15. The van der Waals surface area contributed by atoms with Crippen molar-refractivity contribution < 1.29 is 9.84 Å². The molecule has 3 heteroatoms. The van der Waals surface area contributed by atoms with Crippen LogP contribution in [0, 0.1) is 5.92 Å². The zero-order chi connectivity index (χ0) is 13.2. The second kappa shape index (κ2) is 5.25. The number of rotatable bonds is 3. The molecule has 1 N–H and O–H groups in total. The van der Waals surface area contributed by atoms with Crippen molar-refractivity contribution >= 4 is 0 Å². The number of ether oxygens (including phenoxy) is 1. The minimum Gasteiger partial charge on any atom is -0.497 e. The van der Waals surface area contributed by atoms with E-state index < -0.39 is 0 Å². The number of benzene rings is 1. The Morgan fingerprint density at radius 3 is 2.74 bits per heavy atom.